The number of methoxy groups -OCH3 is 6. The number of aryl methyl sites for hydroxylation is 3. The molecule has 0 saturated carbocycles. The Hall–Kier alpha value is -6.26. The third-order valence-electron chi connectivity index (χ3n) is 12.3. The summed E-state index contributed by atoms with van der Waals surface area (Å²) in [5.41, 5.74) is 12.7. The van der Waals surface area contributed by atoms with Crippen LogP contribution in [-0.2, 0) is 28.1 Å². The van der Waals surface area contributed by atoms with Crippen molar-refractivity contribution in [1.29, 1.82) is 0 Å². The van der Waals surface area contributed by atoms with Crippen LogP contribution in [0, 0.1) is 41.5 Å². The molecule has 5 N–H and O–H groups in total. The molecule has 0 aliphatic carbocycles. The minimum Gasteiger partial charge on any atom is -0.857 e. The summed E-state index contributed by atoms with van der Waals surface area (Å²) >= 11 is 0. The monoisotopic (exact) mass is 1180 g/mol. The number of hydrogen-bond acceptors (Lipinski definition) is 18. The Morgan fingerprint density at radius 2 is 0.951 bits per heavy atom. The normalized spacial score (nSPS) is 13.1. The van der Waals surface area contributed by atoms with Gasteiger partial charge in [0.1, 0.15) is 34.5 Å². The minimum absolute atomic E-state index is 0. The summed E-state index contributed by atoms with van der Waals surface area (Å²) in [6, 6.07) is 16.6. The van der Waals surface area contributed by atoms with Crippen LogP contribution < -0.4 is 43.6 Å². The fraction of sp³-hybridized carbons (Fsp3) is 0.357. The number of imidazole rings is 3. The maximum absolute atomic E-state index is 12.7. The van der Waals surface area contributed by atoms with Gasteiger partial charge in [0.25, 0.3) is 0 Å². The van der Waals surface area contributed by atoms with E-state index in [1.165, 1.54) is 0 Å². The van der Waals surface area contributed by atoms with Crippen molar-refractivity contribution in [2.45, 2.75) is 74.3 Å². The molecule has 3 aromatic carbocycles. The van der Waals surface area contributed by atoms with Crippen molar-refractivity contribution in [3.05, 3.63) is 124 Å². The van der Waals surface area contributed by atoms with E-state index in [-0.39, 0.29) is 28.8 Å². The molecule has 3 atom stereocenters. The summed E-state index contributed by atoms with van der Waals surface area (Å²) < 4.78 is 66.8. The number of benzene rings is 3. The van der Waals surface area contributed by atoms with Crippen LogP contribution in [0.15, 0.2) is 88.7 Å². The van der Waals surface area contributed by atoms with Crippen LogP contribution in [0.5, 0.6) is 34.5 Å². The van der Waals surface area contributed by atoms with E-state index >= 15 is 0 Å². The Kier molecular flexibility index (Phi) is 27.1. The zero-order valence-corrected chi connectivity index (χ0v) is 53.0. The average molecular weight is 1190 g/mol. The summed E-state index contributed by atoms with van der Waals surface area (Å²) in [6.45, 7) is 11.7. The van der Waals surface area contributed by atoms with Gasteiger partial charge in [0, 0.05) is 82.7 Å². The van der Waals surface area contributed by atoms with Gasteiger partial charge in [-0.25, -0.2) is 9.97 Å². The molecule has 0 bridgehead atoms. The van der Waals surface area contributed by atoms with Crippen LogP contribution in [0.1, 0.15) is 50.5 Å². The second-order valence-corrected chi connectivity index (χ2v) is 24.6. The van der Waals surface area contributed by atoms with E-state index in [4.69, 9.17) is 43.7 Å². The predicted octanol–water partition coefficient (Wildman–Crippen LogP) is 7.83. The van der Waals surface area contributed by atoms with Crippen molar-refractivity contribution in [1.82, 2.24) is 44.9 Å². The van der Waals surface area contributed by atoms with Gasteiger partial charge in [0.05, 0.1) is 98.4 Å². The maximum Gasteiger partial charge on any atom is 2.00 e. The van der Waals surface area contributed by atoms with Crippen LogP contribution in [0.3, 0.4) is 0 Å². The Balaban J connectivity index is 0.000000303. The number of H-pyrrole nitrogens is 2. The molecule has 9 rings (SSSR count). The van der Waals surface area contributed by atoms with E-state index in [1.807, 2.05) is 102 Å². The summed E-state index contributed by atoms with van der Waals surface area (Å²) in [4.78, 5) is 37.7. The number of pyridine rings is 3. The minimum atomic E-state index is -2.24. The number of aliphatic hydroxyl groups is 1. The number of aromatic nitrogens is 9. The first-order valence-electron chi connectivity index (χ1n) is 24.4. The molecular weight excluding hydrogens is 1110 g/mol. The van der Waals surface area contributed by atoms with E-state index in [9.17, 15) is 13.3 Å². The Morgan fingerprint density at radius 1 is 0.543 bits per heavy atom. The number of ether oxygens (including phenoxy) is 6. The molecule has 3 unspecified atom stereocenters. The van der Waals surface area contributed by atoms with E-state index in [1.54, 1.807) is 67.5 Å². The molecule has 0 spiro atoms. The fourth-order valence-corrected chi connectivity index (χ4v) is 12.5. The topological polar surface area (TPSA) is 302 Å². The van der Waals surface area contributed by atoms with Crippen molar-refractivity contribution < 1.29 is 57.1 Å². The van der Waals surface area contributed by atoms with Crippen LogP contribution in [0.25, 0.3) is 33.1 Å². The molecule has 21 nitrogen and oxygen atoms in total. The van der Waals surface area contributed by atoms with Gasteiger partial charge >= 0.3 is 23.1 Å². The SMILES string of the molecule is CO.COc1ccc2[n-]c(S(C)(O)Cc3ncc(C)c(OC)c3C)nc2c1.COc1ccc2nc(S(=O)Cc3ncc(C)c(OC)c3C)[nH]c2c1.COc1ccc2nc(S(C)(O)Cc3ncc(C)c(OC)c3C)[nH]c2c1.C[O-].C[O-].[Mg+2]. The molecule has 6 aromatic heterocycles. The number of fused-ring (bicyclic) bond motifs is 3. The maximum atomic E-state index is 12.7. The summed E-state index contributed by atoms with van der Waals surface area (Å²) in [7, 11) is 6.52. The van der Waals surface area contributed by atoms with Gasteiger partial charge in [-0.15, -0.1) is 10.3 Å². The van der Waals surface area contributed by atoms with E-state index in [0.29, 0.717) is 32.5 Å². The summed E-state index contributed by atoms with van der Waals surface area (Å²) in [6.07, 6.45) is 8.88. The summed E-state index contributed by atoms with van der Waals surface area (Å²) in [5, 5.41) is 25.0. The van der Waals surface area contributed by atoms with Gasteiger partial charge in [-0.3, -0.25) is 19.2 Å². The van der Waals surface area contributed by atoms with Crippen molar-refractivity contribution in [3.63, 3.8) is 0 Å². The van der Waals surface area contributed by atoms with E-state index in [2.05, 4.69) is 44.9 Å². The largest absolute Gasteiger partial charge is 2.00 e. The standard InChI is InChI=1S/C18H23N3O3S.C18H22N3O3S.C17H19N3O3S.CH4O.2CH3O.Mg/c2*1-11-9-19-16(12(2)17(11)24-4)10-25(5,22)18-20-14-7-6-13(23-3)8-15(14)21-18;1-10-8-18-15(11(2)16(10)23-4)9-24(21)17-19-13-6-5-12(22-3)7-14(13)20-17;3*1-2;/h6-9,22H,10H2,1-5H3,(H,20,21);6-9H,10H2,1-5H3,(H-,20,21,22);5-8H,9H2,1-4H3,(H,19,20);2H,1H3;2*1H3;/q;-1;;;2*-1;+2. The zero-order chi connectivity index (χ0) is 59.6. The number of nitrogens with one attached hydrogen (secondary N) is 2. The fourth-order valence-electron chi connectivity index (χ4n) is 8.25. The molecule has 0 radical (unpaired) electrons. The molecule has 6 heterocycles. The van der Waals surface area contributed by atoms with Gasteiger partial charge < -0.3 is 72.8 Å². The summed E-state index contributed by atoms with van der Waals surface area (Å²) in [5.74, 6) is 5.66. The van der Waals surface area contributed by atoms with Crippen molar-refractivity contribution in [2.24, 2.45) is 0 Å². The van der Waals surface area contributed by atoms with Crippen LogP contribution >= 0.6 is 20.6 Å². The zero-order valence-electron chi connectivity index (χ0n) is 49.1. The Bertz CT molecular complexity index is 3350. The number of aliphatic hydroxyl groups excluding tert-OH is 1. The van der Waals surface area contributed by atoms with Crippen molar-refractivity contribution in [2.75, 3.05) is 76.5 Å². The second-order valence-electron chi connectivity index (χ2n) is 17.7. The van der Waals surface area contributed by atoms with Crippen molar-refractivity contribution >= 4 is 87.6 Å². The average Bonchev–Trinajstić information content (AvgIpc) is 4.37. The quantitative estimate of drug-likeness (QED) is 0.0611. The van der Waals surface area contributed by atoms with Crippen LogP contribution in [-0.4, -0.2) is 158 Å². The van der Waals surface area contributed by atoms with E-state index < -0.39 is 31.4 Å². The number of hydrogen-bond donors (Lipinski definition) is 5. The van der Waals surface area contributed by atoms with E-state index in [0.717, 1.165) is 134 Å². The molecule has 0 fully saturated rings. The van der Waals surface area contributed by atoms with Crippen LogP contribution in [0.2, 0.25) is 0 Å². The molecule has 9 aromatic rings. The molecule has 81 heavy (non-hydrogen) atoms. The number of rotatable bonds is 15. The van der Waals surface area contributed by atoms with Gasteiger partial charge in [-0.2, -0.15) is 14.2 Å². The molecule has 25 heteroatoms. The van der Waals surface area contributed by atoms with Crippen molar-refractivity contribution in [3.8, 4) is 34.5 Å². The van der Waals surface area contributed by atoms with Gasteiger partial charge in [-0.05, 0) is 107 Å². The third kappa shape index (κ3) is 16.9. The number of aromatic amines is 2. The Labute approximate surface area is 495 Å². The molecule has 0 amide bonds. The predicted molar refractivity (Wildman–Crippen MR) is 320 cm³/mol. The molecule has 436 valence electrons. The molecule has 0 aliphatic rings. The first-order valence-corrected chi connectivity index (χ1v) is 30.0. The first kappa shape index (κ1) is 69.0. The van der Waals surface area contributed by atoms with Gasteiger partial charge in [0.15, 0.2) is 10.3 Å². The Morgan fingerprint density at radius 3 is 1.42 bits per heavy atom. The second kappa shape index (κ2) is 31.8. The molecule has 0 saturated heterocycles. The third-order valence-corrected chi connectivity index (χ3v) is 17.2. The number of nitrogens with zero attached hydrogens (tertiary/aromatic N) is 7. The van der Waals surface area contributed by atoms with Crippen LogP contribution in [0.4, 0.5) is 0 Å². The first-order chi connectivity index (χ1) is 38.2. The van der Waals surface area contributed by atoms with Gasteiger partial charge in [-0.1, -0.05) is 16.4 Å². The van der Waals surface area contributed by atoms with Gasteiger partial charge in [0.2, 0.25) is 0 Å². The molecule has 0 aliphatic heterocycles. The smallest absolute Gasteiger partial charge is 0.857 e. The molecular formula is C56H74MgN9O12S3-.